The Morgan fingerprint density at radius 2 is 1.73 bits per heavy atom. The molecule has 186 valence electrons. The molecule has 1 N–H and O–H groups in total. The van der Waals surface area contributed by atoms with Crippen molar-refractivity contribution >= 4 is 38.0 Å². The van der Waals surface area contributed by atoms with Crippen molar-refractivity contribution in [2.75, 3.05) is 11.6 Å². The lowest BCUT2D eigenvalue weighted by atomic mass is 10.1. The maximum atomic E-state index is 13.7. The van der Waals surface area contributed by atoms with Gasteiger partial charge in [0.15, 0.2) is 9.84 Å². The maximum Gasteiger partial charge on any atom is 0.264 e. The first-order valence-electron chi connectivity index (χ1n) is 11.5. The summed E-state index contributed by atoms with van der Waals surface area (Å²) < 4.78 is 25.9. The molecule has 0 saturated heterocycles. The fourth-order valence-corrected chi connectivity index (χ4v) is 5.26. The van der Waals surface area contributed by atoms with Gasteiger partial charge in [-0.3, -0.25) is 9.36 Å². The summed E-state index contributed by atoms with van der Waals surface area (Å²) in [6, 6.07) is 23.0. The van der Waals surface area contributed by atoms with Crippen LogP contribution in [0.3, 0.4) is 0 Å². The minimum absolute atomic E-state index is 0.206. The Hall–Kier alpha value is -4.01. The normalized spacial score (nSPS) is 12.4. The topological polar surface area (TPSA) is 94.0 Å². The van der Waals surface area contributed by atoms with E-state index in [2.05, 4.69) is 15.3 Å². The number of para-hydroxylation sites is 1. The van der Waals surface area contributed by atoms with Crippen molar-refractivity contribution in [3.05, 3.63) is 112 Å². The van der Waals surface area contributed by atoms with Crippen LogP contribution in [-0.2, 0) is 9.84 Å². The van der Waals surface area contributed by atoms with E-state index >= 15 is 0 Å². The van der Waals surface area contributed by atoms with E-state index in [1.807, 2.05) is 55.5 Å². The van der Waals surface area contributed by atoms with Crippen LogP contribution in [-0.4, -0.2) is 29.2 Å². The van der Waals surface area contributed by atoms with Crippen LogP contribution < -0.4 is 10.9 Å². The molecule has 0 spiro atoms. The zero-order chi connectivity index (χ0) is 26.2. The molecule has 9 heteroatoms. The average molecular weight is 531 g/mol. The van der Waals surface area contributed by atoms with Crippen LogP contribution in [0.5, 0.6) is 0 Å². The van der Waals surface area contributed by atoms with Crippen molar-refractivity contribution in [1.82, 2.24) is 14.5 Å². The van der Waals surface area contributed by atoms with Gasteiger partial charge in [0.1, 0.15) is 12.1 Å². The van der Waals surface area contributed by atoms with Crippen molar-refractivity contribution in [3.8, 4) is 16.8 Å². The summed E-state index contributed by atoms with van der Waals surface area (Å²) >= 11 is 6.43. The molecule has 0 unspecified atom stereocenters. The van der Waals surface area contributed by atoms with Crippen molar-refractivity contribution in [1.29, 1.82) is 0 Å². The molecule has 0 aliphatic heterocycles. The Balaban J connectivity index is 1.64. The number of nitrogens with zero attached hydrogens (tertiary/aromatic N) is 3. The third-order valence-electron chi connectivity index (χ3n) is 6.12. The molecule has 2 heterocycles. The first-order chi connectivity index (χ1) is 17.7. The van der Waals surface area contributed by atoms with Crippen LogP contribution in [0.25, 0.3) is 27.6 Å². The minimum atomic E-state index is -3.39. The Morgan fingerprint density at radius 1 is 0.973 bits per heavy atom. The molecule has 5 rings (SSSR count). The first kappa shape index (κ1) is 24.7. The van der Waals surface area contributed by atoms with Crippen molar-refractivity contribution < 1.29 is 8.42 Å². The van der Waals surface area contributed by atoms with E-state index in [1.54, 1.807) is 41.1 Å². The zero-order valence-corrected chi connectivity index (χ0v) is 21.7. The molecular formula is C28H23ClN4O3S. The standard InChI is InChI=1S/C28H23ClN4O3S/c1-18(32-27-23(16-30-17-31-27)19-8-6-12-22(14-19)37(2,35)36)25-15-20-9-7-13-24(29)26(20)28(34)33(25)21-10-4-3-5-11-21/h3-18H,1-2H3,(H,30,31,32)/t18-/m0/s1. The minimum Gasteiger partial charge on any atom is -0.361 e. The Morgan fingerprint density at radius 3 is 2.49 bits per heavy atom. The van der Waals surface area contributed by atoms with Gasteiger partial charge < -0.3 is 5.32 Å². The smallest absolute Gasteiger partial charge is 0.264 e. The average Bonchev–Trinajstić information content (AvgIpc) is 2.89. The molecule has 2 aromatic heterocycles. The molecular weight excluding hydrogens is 508 g/mol. The molecule has 0 saturated carbocycles. The van der Waals surface area contributed by atoms with E-state index in [1.165, 1.54) is 12.6 Å². The monoisotopic (exact) mass is 530 g/mol. The van der Waals surface area contributed by atoms with E-state index in [9.17, 15) is 13.2 Å². The van der Waals surface area contributed by atoms with Gasteiger partial charge >= 0.3 is 0 Å². The SMILES string of the molecule is C[C@H](Nc1ncncc1-c1cccc(S(C)(=O)=O)c1)c1cc2cccc(Cl)c2c(=O)n1-c1ccccc1. The number of anilines is 1. The summed E-state index contributed by atoms with van der Waals surface area (Å²) in [5.41, 5.74) is 2.49. The second-order valence-corrected chi connectivity index (χ2v) is 11.1. The van der Waals surface area contributed by atoms with Crippen molar-refractivity contribution in [2.24, 2.45) is 0 Å². The molecule has 0 amide bonds. The van der Waals surface area contributed by atoms with E-state index in [0.717, 1.165) is 5.39 Å². The quantitative estimate of drug-likeness (QED) is 0.303. The lowest BCUT2D eigenvalue weighted by Crippen LogP contribution is -2.26. The highest BCUT2D eigenvalue weighted by Gasteiger charge is 2.20. The highest BCUT2D eigenvalue weighted by molar-refractivity contribution is 7.90. The number of hydrogen-bond donors (Lipinski definition) is 1. The third-order valence-corrected chi connectivity index (χ3v) is 7.55. The second kappa shape index (κ2) is 9.80. The number of benzene rings is 3. The summed E-state index contributed by atoms with van der Waals surface area (Å²) in [5.74, 6) is 0.506. The summed E-state index contributed by atoms with van der Waals surface area (Å²) in [6.07, 6.45) is 4.22. The predicted octanol–water partition coefficient (Wildman–Crippen LogP) is 5.68. The fourth-order valence-electron chi connectivity index (χ4n) is 4.33. The molecule has 1 atom stereocenters. The zero-order valence-electron chi connectivity index (χ0n) is 20.1. The van der Waals surface area contributed by atoms with Gasteiger partial charge in [0.2, 0.25) is 0 Å². The van der Waals surface area contributed by atoms with Gasteiger partial charge in [0, 0.05) is 29.4 Å². The predicted molar refractivity (Wildman–Crippen MR) is 147 cm³/mol. The number of pyridine rings is 1. The molecule has 7 nitrogen and oxygen atoms in total. The fraction of sp³-hybridized carbons (Fsp3) is 0.107. The summed E-state index contributed by atoms with van der Waals surface area (Å²) in [6.45, 7) is 1.93. The lowest BCUT2D eigenvalue weighted by molar-refractivity contribution is 0.602. The van der Waals surface area contributed by atoms with E-state index in [4.69, 9.17) is 11.6 Å². The molecule has 0 aliphatic rings. The van der Waals surface area contributed by atoms with Crippen LogP contribution in [0.15, 0.2) is 101 Å². The van der Waals surface area contributed by atoms with Gasteiger partial charge in [-0.25, -0.2) is 18.4 Å². The van der Waals surface area contributed by atoms with Gasteiger partial charge in [-0.1, -0.05) is 54.1 Å². The third kappa shape index (κ3) is 4.85. The van der Waals surface area contributed by atoms with Crippen LogP contribution in [0.4, 0.5) is 5.82 Å². The number of hydrogen-bond acceptors (Lipinski definition) is 6. The van der Waals surface area contributed by atoms with E-state index in [0.29, 0.717) is 38.7 Å². The van der Waals surface area contributed by atoms with Crippen molar-refractivity contribution in [3.63, 3.8) is 0 Å². The van der Waals surface area contributed by atoms with Gasteiger partial charge in [-0.15, -0.1) is 0 Å². The van der Waals surface area contributed by atoms with Gasteiger partial charge in [0.25, 0.3) is 5.56 Å². The number of sulfone groups is 1. The first-order valence-corrected chi connectivity index (χ1v) is 13.8. The number of nitrogens with one attached hydrogen (secondary N) is 1. The summed E-state index contributed by atoms with van der Waals surface area (Å²) in [5, 5.41) is 4.98. The molecule has 0 bridgehead atoms. The van der Waals surface area contributed by atoms with Crippen LogP contribution in [0.1, 0.15) is 18.7 Å². The molecule has 0 aliphatic carbocycles. The number of rotatable bonds is 6. The largest absolute Gasteiger partial charge is 0.361 e. The summed E-state index contributed by atoms with van der Waals surface area (Å²) in [4.78, 5) is 22.5. The van der Waals surface area contributed by atoms with E-state index in [-0.39, 0.29) is 16.5 Å². The summed E-state index contributed by atoms with van der Waals surface area (Å²) in [7, 11) is -3.39. The number of halogens is 1. The van der Waals surface area contributed by atoms with Crippen LogP contribution >= 0.6 is 11.6 Å². The lowest BCUT2D eigenvalue weighted by Gasteiger charge is -2.22. The highest BCUT2D eigenvalue weighted by Crippen LogP contribution is 2.31. The maximum absolute atomic E-state index is 13.7. The molecule has 37 heavy (non-hydrogen) atoms. The van der Waals surface area contributed by atoms with E-state index < -0.39 is 9.84 Å². The molecule has 0 radical (unpaired) electrons. The Kier molecular flexibility index (Phi) is 6.54. The van der Waals surface area contributed by atoms with Gasteiger partial charge in [-0.2, -0.15) is 0 Å². The number of aromatic nitrogens is 3. The van der Waals surface area contributed by atoms with Crippen LogP contribution in [0.2, 0.25) is 5.02 Å². The molecule has 3 aromatic carbocycles. The number of fused-ring (bicyclic) bond motifs is 1. The second-order valence-electron chi connectivity index (χ2n) is 8.70. The van der Waals surface area contributed by atoms with Crippen LogP contribution in [0, 0.1) is 0 Å². The highest BCUT2D eigenvalue weighted by atomic mass is 35.5. The Bertz CT molecular complexity index is 1790. The Labute approximate surface area is 219 Å². The molecule has 5 aromatic rings. The van der Waals surface area contributed by atoms with Gasteiger partial charge in [0.05, 0.1) is 21.3 Å². The van der Waals surface area contributed by atoms with Gasteiger partial charge in [-0.05, 0) is 54.3 Å². The molecule has 0 fully saturated rings. The van der Waals surface area contributed by atoms with Crippen molar-refractivity contribution in [2.45, 2.75) is 17.9 Å².